The van der Waals surface area contributed by atoms with Crippen LogP contribution in [0.1, 0.15) is 156 Å². The van der Waals surface area contributed by atoms with Gasteiger partial charge in [-0.3, -0.25) is 9.59 Å². The SMILES string of the molecule is CCCCCCCCCCCCCCCCCC(CC(C)C)OC(=O)C1CCCCC1C(=O)O. The zero-order valence-corrected chi connectivity index (χ0v) is 22.8. The number of carbonyl (C=O) groups is 2. The van der Waals surface area contributed by atoms with Gasteiger partial charge in [0.05, 0.1) is 11.8 Å². The lowest BCUT2D eigenvalue weighted by atomic mass is 9.79. The van der Waals surface area contributed by atoms with E-state index in [0.29, 0.717) is 18.8 Å². The third-order valence-corrected chi connectivity index (χ3v) is 7.53. The van der Waals surface area contributed by atoms with Crippen LogP contribution in [0.4, 0.5) is 0 Å². The molecule has 1 saturated carbocycles. The van der Waals surface area contributed by atoms with Crippen molar-refractivity contribution in [3.05, 3.63) is 0 Å². The highest BCUT2D eigenvalue weighted by Crippen LogP contribution is 2.32. The molecule has 0 bridgehead atoms. The molecule has 1 rings (SSSR count). The molecule has 4 nitrogen and oxygen atoms in total. The summed E-state index contributed by atoms with van der Waals surface area (Å²) in [5.41, 5.74) is 0. The van der Waals surface area contributed by atoms with E-state index in [9.17, 15) is 14.7 Å². The third kappa shape index (κ3) is 15.0. The summed E-state index contributed by atoms with van der Waals surface area (Å²) in [5.74, 6) is -1.66. The van der Waals surface area contributed by atoms with Crippen molar-refractivity contribution < 1.29 is 19.4 Å². The molecular formula is C30H56O4. The summed E-state index contributed by atoms with van der Waals surface area (Å²) in [6, 6.07) is 0. The van der Waals surface area contributed by atoms with Crippen LogP contribution in [-0.2, 0) is 14.3 Å². The normalized spacial score (nSPS) is 19.3. The standard InChI is InChI=1S/C30H56O4/c1-4-5-6-7-8-9-10-11-12-13-14-15-16-17-18-21-26(24-25(2)3)34-30(33)28-23-20-19-22-27(28)29(31)32/h25-28H,4-24H2,1-3H3,(H,31,32). The Morgan fingerprint density at radius 2 is 1.18 bits per heavy atom. The van der Waals surface area contributed by atoms with Gasteiger partial charge in [0.1, 0.15) is 6.10 Å². The van der Waals surface area contributed by atoms with E-state index in [4.69, 9.17) is 4.74 Å². The summed E-state index contributed by atoms with van der Waals surface area (Å²) >= 11 is 0. The first-order valence-electron chi connectivity index (χ1n) is 14.9. The van der Waals surface area contributed by atoms with Crippen molar-refractivity contribution in [1.82, 2.24) is 0 Å². The Hall–Kier alpha value is -1.06. The van der Waals surface area contributed by atoms with Crippen molar-refractivity contribution in [3.8, 4) is 0 Å². The van der Waals surface area contributed by atoms with Gasteiger partial charge in [0.15, 0.2) is 0 Å². The van der Waals surface area contributed by atoms with Crippen LogP contribution in [0.25, 0.3) is 0 Å². The van der Waals surface area contributed by atoms with Crippen molar-refractivity contribution in [2.45, 2.75) is 162 Å². The number of hydrogen-bond acceptors (Lipinski definition) is 3. The van der Waals surface area contributed by atoms with E-state index in [-0.39, 0.29) is 12.1 Å². The molecule has 1 aliphatic carbocycles. The number of hydrogen-bond donors (Lipinski definition) is 1. The van der Waals surface area contributed by atoms with E-state index in [1.165, 1.54) is 89.9 Å². The summed E-state index contributed by atoms with van der Waals surface area (Å²) < 4.78 is 5.90. The van der Waals surface area contributed by atoms with Crippen molar-refractivity contribution in [1.29, 1.82) is 0 Å². The van der Waals surface area contributed by atoms with Crippen molar-refractivity contribution in [2.75, 3.05) is 0 Å². The van der Waals surface area contributed by atoms with Crippen LogP contribution in [-0.4, -0.2) is 23.1 Å². The quantitative estimate of drug-likeness (QED) is 0.131. The zero-order valence-electron chi connectivity index (χ0n) is 22.8. The molecule has 0 aromatic heterocycles. The van der Waals surface area contributed by atoms with Gasteiger partial charge in [-0.1, -0.05) is 124 Å². The van der Waals surface area contributed by atoms with Crippen molar-refractivity contribution in [2.24, 2.45) is 17.8 Å². The highest BCUT2D eigenvalue weighted by atomic mass is 16.5. The molecule has 1 fully saturated rings. The molecule has 4 heteroatoms. The largest absolute Gasteiger partial charge is 0.481 e. The lowest BCUT2D eigenvalue weighted by molar-refractivity contribution is -0.164. The minimum absolute atomic E-state index is 0.0640. The van der Waals surface area contributed by atoms with Gasteiger partial charge in [-0.15, -0.1) is 0 Å². The third-order valence-electron chi connectivity index (χ3n) is 7.53. The van der Waals surface area contributed by atoms with E-state index in [1.807, 2.05) is 0 Å². The molecule has 0 aromatic rings. The highest BCUT2D eigenvalue weighted by molar-refractivity contribution is 5.81. The summed E-state index contributed by atoms with van der Waals surface area (Å²) in [6.07, 6.45) is 25.0. The second-order valence-electron chi connectivity index (χ2n) is 11.3. The van der Waals surface area contributed by atoms with Crippen LogP contribution in [0.3, 0.4) is 0 Å². The second kappa shape index (κ2) is 20.2. The molecule has 0 saturated heterocycles. The van der Waals surface area contributed by atoms with Crippen LogP contribution >= 0.6 is 0 Å². The maximum Gasteiger partial charge on any atom is 0.310 e. The Morgan fingerprint density at radius 3 is 1.62 bits per heavy atom. The summed E-state index contributed by atoms with van der Waals surface area (Å²) in [4.78, 5) is 24.3. The summed E-state index contributed by atoms with van der Waals surface area (Å²) in [5, 5.41) is 9.48. The highest BCUT2D eigenvalue weighted by Gasteiger charge is 2.37. The predicted molar refractivity (Wildman–Crippen MR) is 142 cm³/mol. The van der Waals surface area contributed by atoms with Crippen molar-refractivity contribution in [3.63, 3.8) is 0 Å². The first kappa shape index (κ1) is 31.0. The average Bonchev–Trinajstić information content (AvgIpc) is 2.81. The van der Waals surface area contributed by atoms with E-state index in [0.717, 1.165) is 32.1 Å². The van der Waals surface area contributed by atoms with Crippen LogP contribution < -0.4 is 0 Å². The monoisotopic (exact) mass is 480 g/mol. The molecule has 0 amide bonds. The minimum Gasteiger partial charge on any atom is -0.481 e. The molecule has 0 spiro atoms. The molecule has 0 aromatic carbocycles. The van der Waals surface area contributed by atoms with E-state index in [2.05, 4.69) is 20.8 Å². The van der Waals surface area contributed by atoms with Gasteiger partial charge in [-0.25, -0.2) is 0 Å². The average molecular weight is 481 g/mol. The van der Waals surface area contributed by atoms with Gasteiger partial charge in [0.25, 0.3) is 0 Å². The molecule has 34 heavy (non-hydrogen) atoms. The molecule has 200 valence electrons. The number of rotatable bonds is 21. The van der Waals surface area contributed by atoms with E-state index < -0.39 is 17.8 Å². The lowest BCUT2D eigenvalue weighted by Gasteiger charge is -2.29. The van der Waals surface area contributed by atoms with Crippen LogP contribution in [0.5, 0.6) is 0 Å². The smallest absolute Gasteiger partial charge is 0.310 e. The van der Waals surface area contributed by atoms with Gasteiger partial charge in [0, 0.05) is 0 Å². The predicted octanol–water partition coefficient (Wildman–Crippen LogP) is 9.10. The fourth-order valence-electron chi connectivity index (χ4n) is 5.45. The fraction of sp³-hybridized carbons (Fsp3) is 0.933. The molecular weight excluding hydrogens is 424 g/mol. The number of carbonyl (C=O) groups excluding carboxylic acids is 1. The van der Waals surface area contributed by atoms with Gasteiger partial charge in [-0.2, -0.15) is 0 Å². The number of esters is 1. The summed E-state index contributed by atoms with van der Waals surface area (Å²) in [6.45, 7) is 6.60. The van der Waals surface area contributed by atoms with Gasteiger partial charge < -0.3 is 9.84 Å². The van der Waals surface area contributed by atoms with E-state index >= 15 is 0 Å². The van der Waals surface area contributed by atoms with E-state index in [1.54, 1.807) is 0 Å². The molecule has 3 atom stereocenters. The Bertz CT molecular complexity index is 516. The fourth-order valence-corrected chi connectivity index (χ4v) is 5.45. The molecule has 0 aliphatic heterocycles. The van der Waals surface area contributed by atoms with Crippen molar-refractivity contribution >= 4 is 11.9 Å². The van der Waals surface area contributed by atoms with Crippen LogP contribution in [0.2, 0.25) is 0 Å². The Labute approximate surface area is 211 Å². The molecule has 0 radical (unpaired) electrons. The number of carboxylic acids is 1. The molecule has 1 aliphatic rings. The van der Waals surface area contributed by atoms with Crippen LogP contribution in [0.15, 0.2) is 0 Å². The zero-order chi connectivity index (χ0) is 25.0. The Morgan fingerprint density at radius 1 is 0.735 bits per heavy atom. The first-order chi connectivity index (χ1) is 16.5. The topological polar surface area (TPSA) is 63.6 Å². The van der Waals surface area contributed by atoms with Crippen LogP contribution in [0, 0.1) is 17.8 Å². The van der Waals surface area contributed by atoms with Gasteiger partial charge in [-0.05, 0) is 38.0 Å². The van der Waals surface area contributed by atoms with Gasteiger partial charge in [0.2, 0.25) is 0 Å². The second-order valence-corrected chi connectivity index (χ2v) is 11.3. The lowest BCUT2D eigenvalue weighted by Crippen LogP contribution is -2.35. The number of unbranched alkanes of at least 4 members (excludes halogenated alkanes) is 14. The maximum absolute atomic E-state index is 12.8. The molecule has 1 N–H and O–H groups in total. The molecule has 0 heterocycles. The number of aliphatic carboxylic acids is 1. The minimum atomic E-state index is -0.843. The Kier molecular flexibility index (Phi) is 18.4. The number of carboxylic acid groups (broad SMARTS) is 1. The van der Waals surface area contributed by atoms with Gasteiger partial charge >= 0.3 is 11.9 Å². The first-order valence-corrected chi connectivity index (χ1v) is 14.9. The number of ether oxygens (including phenoxy) is 1. The maximum atomic E-state index is 12.8. The summed E-state index contributed by atoms with van der Waals surface area (Å²) in [7, 11) is 0. The molecule has 3 unspecified atom stereocenters. The Balaban J connectivity index is 2.12.